The van der Waals surface area contributed by atoms with Crippen LogP contribution in [-0.4, -0.2) is 23.5 Å². The highest BCUT2D eigenvalue weighted by Crippen LogP contribution is 2.38. The number of carbonyl (C=O) groups excluding carboxylic acids is 1. The van der Waals surface area contributed by atoms with Gasteiger partial charge in [-0.05, 0) is 37.0 Å². The first-order valence-corrected chi connectivity index (χ1v) is 7.38. The van der Waals surface area contributed by atoms with Crippen molar-refractivity contribution in [1.29, 1.82) is 0 Å². The molecule has 1 aromatic carbocycles. The van der Waals surface area contributed by atoms with Gasteiger partial charge in [-0.1, -0.05) is 25.0 Å². The number of nitrogens with two attached hydrogens (primary N) is 1. The molecule has 1 aliphatic carbocycles. The van der Waals surface area contributed by atoms with Gasteiger partial charge >= 0.3 is 5.97 Å². The number of hydrogen-bond donors (Lipinski definition) is 3. The van der Waals surface area contributed by atoms with Gasteiger partial charge in [0.2, 0.25) is 5.91 Å². The molecule has 0 bridgehead atoms. The topological polar surface area (TPSA) is 92.4 Å². The minimum Gasteiger partial charge on any atom is -0.481 e. The molecule has 4 N–H and O–H groups in total. The summed E-state index contributed by atoms with van der Waals surface area (Å²) in [4.78, 5) is 22.9. The quantitative estimate of drug-likeness (QED) is 0.748. The third-order valence-electron chi connectivity index (χ3n) is 4.27. The number of carbonyl (C=O) groups is 2. The second-order valence-corrected chi connectivity index (χ2v) is 5.74. The summed E-state index contributed by atoms with van der Waals surface area (Å²) in [7, 11) is 0. The number of benzene rings is 1. The lowest BCUT2D eigenvalue weighted by molar-refractivity contribution is -0.137. The van der Waals surface area contributed by atoms with Gasteiger partial charge in [0.1, 0.15) is 0 Å². The molecular weight excluding hydrogens is 268 g/mol. The Bertz CT molecular complexity index is 505. The zero-order valence-electron chi connectivity index (χ0n) is 12.1. The van der Waals surface area contributed by atoms with Gasteiger partial charge in [-0.2, -0.15) is 0 Å². The SMILES string of the molecule is NCC1(C(=O)Nc2ccc(CCC(=O)O)cc2)CCCC1. The molecule has 0 saturated heterocycles. The molecule has 0 unspecified atom stereocenters. The Balaban J connectivity index is 1.96. The van der Waals surface area contributed by atoms with E-state index in [1.165, 1.54) is 0 Å². The van der Waals surface area contributed by atoms with E-state index in [0.29, 0.717) is 13.0 Å². The van der Waals surface area contributed by atoms with E-state index < -0.39 is 11.4 Å². The lowest BCUT2D eigenvalue weighted by atomic mass is 9.85. The van der Waals surface area contributed by atoms with E-state index in [2.05, 4.69) is 5.32 Å². The van der Waals surface area contributed by atoms with Crippen molar-refractivity contribution in [2.75, 3.05) is 11.9 Å². The summed E-state index contributed by atoms with van der Waals surface area (Å²) in [6, 6.07) is 7.33. The van der Waals surface area contributed by atoms with E-state index in [9.17, 15) is 9.59 Å². The third-order valence-corrected chi connectivity index (χ3v) is 4.27. The van der Waals surface area contributed by atoms with E-state index in [4.69, 9.17) is 10.8 Å². The second kappa shape index (κ2) is 6.72. The van der Waals surface area contributed by atoms with E-state index >= 15 is 0 Å². The molecule has 21 heavy (non-hydrogen) atoms. The van der Waals surface area contributed by atoms with Crippen LogP contribution in [0.3, 0.4) is 0 Å². The van der Waals surface area contributed by atoms with Crippen molar-refractivity contribution in [3.8, 4) is 0 Å². The minimum absolute atomic E-state index is 0.000728. The highest BCUT2D eigenvalue weighted by molar-refractivity contribution is 5.95. The number of aryl methyl sites for hydroxylation is 1. The summed E-state index contributed by atoms with van der Waals surface area (Å²) in [5.74, 6) is -0.806. The first kappa shape index (κ1) is 15.5. The fraction of sp³-hybridized carbons (Fsp3) is 0.500. The van der Waals surface area contributed by atoms with Crippen molar-refractivity contribution >= 4 is 17.6 Å². The Morgan fingerprint density at radius 1 is 1.19 bits per heavy atom. The molecule has 1 fully saturated rings. The first-order chi connectivity index (χ1) is 10.1. The highest BCUT2D eigenvalue weighted by Gasteiger charge is 2.39. The fourth-order valence-electron chi connectivity index (χ4n) is 2.85. The Hall–Kier alpha value is -1.88. The van der Waals surface area contributed by atoms with Crippen molar-refractivity contribution < 1.29 is 14.7 Å². The molecule has 1 aromatic rings. The zero-order chi connectivity index (χ0) is 15.3. The number of amides is 1. The summed E-state index contributed by atoms with van der Waals surface area (Å²) in [5.41, 5.74) is 7.07. The van der Waals surface area contributed by atoms with Crippen molar-refractivity contribution in [2.45, 2.75) is 38.5 Å². The van der Waals surface area contributed by atoms with Gasteiger partial charge in [-0.25, -0.2) is 0 Å². The predicted molar refractivity (Wildman–Crippen MR) is 81.0 cm³/mol. The van der Waals surface area contributed by atoms with Gasteiger partial charge in [0.15, 0.2) is 0 Å². The van der Waals surface area contributed by atoms with Crippen LogP contribution in [0.15, 0.2) is 24.3 Å². The van der Waals surface area contributed by atoms with Crippen molar-refractivity contribution in [3.63, 3.8) is 0 Å². The molecule has 0 aromatic heterocycles. The number of nitrogens with one attached hydrogen (secondary N) is 1. The van der Waals surface area contributed by atoms with Crippen LogP contribution in [0, 0.1) is 5.41 Å². The lowest BCUT2D eigenvalue weighted by Gasteiger charge is -2.25. The maximum absolute atomic E-state index is 12.4. The minimum atomic E-state index is -0.807. The lowest BCUT2D eigenvalue weighted by Crippen LogP contribution is -2.40. The molecule has 1 saturated carbocycles. The standard InChI is InChI=1S/C16H22N2O3/c17-11-16(9-1-2-10-16)15(21)18-13-6-3-12(4-7-13)5-8-14(19)20/h3-4,6-7H,1-2,5,8-11,17H2,(H,18,21)(H,19,20). The van der Waals surface area contributed by atoms with Gasteiger partial charge in [-0.3, -0.25) is 9.59 Å². The van der Waals surface area contributed by atoms with E-state index in [1.807, 2.05) is 24.3 Å². The van der Waals surface area contributed by atoms with Crippen LogP contribution in [-0.2, 0) is 16.0 Å². The number of carboxylic acid groups (broad SMARTS) is 1. The smallest absolute Gasteiger partial charge is 0.303 e. The van der Waals surface area contributed by atoms with E-state index in [1.54, 1.807) is 0 Å². The van der Waals surface area contributed by atoms with Crippen LogP contribution in [0.4, 0.5) is 5.69 Å². The Morgan fingerprint density at radius 3 is 2.33 bits per heavy atom. The Labute approximate surface area is 124 Å². The largest absolute Gasteiger partial charge is 0.481 e. The Morgan fingerprint density at radius 2 is 1.81 bits per heavy atom. The predicted octanol–water partition coefficient (Wildman–Crippen LogP) is 2.16. The van der Waals surface area contributed by atoms with Crippen LogP contribution in [0.25, 0.3) is 0 Å². The van der Waals surface area contributed by atoms with Gasteiger partial charge in [0.25, 0.3) is 0 Å². The van der Waals surface area contributed by atoms with Crippen LogP contribution < -0.4 is 11.1 Å². The maximum atomic E-state index is 12.4. The number of rotatable bonds is 6. The van der Waals surface area contributed by atoms with Gasteiger partial charge in [-0.15, -0.1) is 0 Å². The zero-order valence-corrected chi connectivity index (χ0v) is 12.1. The van der Waals surface area contributed by atoms with Gasteiger partial charge in [0, 0.05) is 18.7 Å². The highest BCUT2D eigenvalue weighted by atomic mass is 16.4. The van der Waals surface area contributed by atoms with Gasteiger partial charge in [0.05, 0.1) is 5.41 Å². The number of anilines is 1. The maximum Gasteiger partial charge on any atom is 0.303 e. The molecule has 2 rings (SSSR count). The normalized spacial score (nSPS) is 16.6. The average molecular weight is 290 g/mol. The summed E-state index contributed by atoms with van der Waals surface area (Å²) < 4.78 is 0. The van der Waals surface area contributed by atoms with Crippen LogP contribution in [0.2, 0.25) is 0 Å². The molecule has 0 aliphatic heterocycles. The molecule has 1 amide bonds. The average Bonchev–Trinajstić information content (AvgIpc) is 2.96. The molecule has 0 heterocycles. The van der Waals surface area contributed by atoms with Crippen LogP contribution >= 0.6 is 0 Å². The molecule has 0 atom stereocenters. The van der Waals surface area contributed by atoms with E-state index in [-0.39, 0.29) is 12.3 Å². The van der Waals surface area contributed by atoms with Gasteiger partial charge < -0.3 is 16.2 Å². The third kappa shape index (κ3) is 3.82. The van der Waals surface area contributed by atoms with Crippen molar-refractivity contribution in [3.05, 3.63) is 29.8 Å². The number of carboxylic acids is 1. The van der Waals surface area contributed by atoms with Crippen LogP contribution in [0.1, 0.15) is 37.7 Å². The molecule has 1 aliphatic rings. The number of hydrogen-bond acceptors (Lipinski definition) is 3. The van der Waals surface area contributed by atoms with Crippen molar-refractivity contribution in [1.82, 2.24) is 0 Å². The molecule has 0 spiro atoms. The molecule has 0 radical (unpaired) electrons. The molecular formula is C16H22N2O3. The summed E-state index contributed by atoms with van der Waals surface area (Å²) in [5, 5.41) is 11.6. The molecule has 5 nitrogen and oxygen atoms in total. The van der Waals surface area contributed by atoms with Crippen molar-refractivity contribution in [2.24, 2.45) is 11.1 Å². The van der Waals surface area contributed by atoms with Crippen LogP contribution in [0.5, 0.6) is 0 Å². The Kier molecular flexibility index (Phi) is 4.96. The monoisotopic (exact) mass is 290 g/mol. The first-order valence-electron chi connectivity index (χ1n) is 7.38. The second-order valence-electron chi connectivity index (χ2n) is 5.74. The summed E-state index contributed by atoms with van der Waals surface area (Å²) >= 11 is 0. The fourth-order valence-corrected chi connectivity index (χ4v) is 2.85. The number of aliphatic carboxylic acids is 1. The molecule has 114 valence electrons. The summed E-state index contributed by atoms with van der Waals surface area (Å²) in [6.07, 6.45) is 4.42. The summed E-state index contributed by atoms with van der Waals surface area (Å²) in [6.45, 7) is 0.384. The molecule has 5 heteroatoms. The van der Waals surface area contributed by atoms with E-state index in [0.717, 1.165) is 36.9 Å².